The van der Waals surface area contributed by atoms with Gasteiger partial charge in [0.05, 0.1) is 6.26 Å². The number of nitrogens with zero attached hydrogens (tertiary/aromatic N) is 1. The Morgan fingerprint density at radius 2 is 2.00 bits per heavy atom. The molecule has 1 rings (SSSR count). The molecule has 0 aliphatic carbocycles. The third-order valence-electron chi connectivity index (χ3n) is 1.62. The van der Waals surface area contributed by atoms with Crippen LogP contribution in [0.1, 0.15) is 12.8 Å². The summed E-state index contributed by atoms with van der Waals surface area (Å²) in [6.45, 7) is 1.73. The Morgan fingerprint density at radius 3 is 2.44 bits per heavy atom. The van der Waals surface area contributed by atoms with Gasteiger partial charge in [-0.3, -0.25) is 5.84 Å². The Hall–Kier alpha value is -0.540. The van der Waals surface area contributed by atoms with Crippen LogP contribution in [-0.2, 0) is 0 Å². The molecule has 3 nitrogen and oxygen atoms in total. The molecule has 1 fully saturated rings. The van der Waals surface area contributed by atoms with E-state index in [0.717, 1.165) is 31.5 Å². The molecule has 3 N–H and O–H groups in total. The molecule has 0 spiro atoms. The Morgan fingerprint density at radius 1 is 1.44 bits per heavy atom. The lowest BCUT2D eigenvalue weighted by Gasteiger charge is -2.22. The van der Waals surface area contributed by atoms with Crippen LogP contribution in [-0.4, -0.2) is 23.2 Å². The molecule has 0 aromatic carbocycles. The van der Waals surface area contributed by atoms with Gasteiger partial charge in [0.25, 0.3) is 0 Å². The average molecular weight is 128 g/mol. The maximum Gasteiger partial charge on any atom is 0.0784 e. The fourth-order valence-corrected chi connectivity index (χ4v) is 0.940. The molecular formula is C6H12N2O. The van der Waals surface area contributed by atoms with Crippen LogP contribution < -0.4 is 5.84 Å². The number of hydrazine groups is 1. The highest BCUT2D eigenvalue weighted by Gasteiger charge is 2.09. The monoisotopic (exact) mass is 128 g/mol. The summed E-state index contributed by atoms with van der Waals surface area (Å²) in [5.74, 6) is 5.48. The third-order valence-corrected chi connectivity index (χ3v) is 1.62. The van der Waals surface area contributed by atoms with E-state index < -0.39 is 0 Å². The molecule has 1 aliphatic heterocycles. The molecule has 0 radical (unpaired) electrons. The number of piperidine rings is 1. The second kappa shape index (κ2) is 2.85. The molecule has 0 amide bonds. The first-order chi connectivity index (χ1) is 4.33. The first kappa shape index (κ1) is 6.58. The molecular weight excluding hydrogens is 116 g/mol. The smallest absolute Gasteiger partial charge is 0.0784 e. The van der Waals surface area contributed by atoms with E-state index >= 15 is 0 Å². The molecule has 0 aromatic rings. The molecule has 0 aromatic heterocycles. The zero-order valence-electron chi connectivity index (χ0n) is 5.38. The minimum absolute atomic E-state index is 0.867. The van der Waals surface area contributed by atoms with Gasteiger partial charge in [0.15, 0.2) is 0 Å². The van der Waals surface area contributed by atoms with Crippen molar-refractivity contribution in [1.82, 2.24) is 5.01 Å². The fourth-order valence-electron chi connectivity index (χ4n) is 0.940. The molecule has 3 heteroatoms. The molecule has 0 bridgehead atoms. The summed E-state index contributed by atoms with van der Waals surface area (Å²) in [6.07, 6.45) is 3.02. The van der Waals surface area contributed by atoms with Gasteiger partial charge in [0, 0.05) is 13.1 Å². The standard InChI is InChI=1S/C6H12N2O/c7-8-3-1-6(5-9)2-4-8/h5,9H,1-4,7H2. The van der Waals surface area contributed by atoms with Crippen LogP contribution in [0.4, 0.5) is 0 Å². The fraction of sp³-hybridized carbons (Fsp3) is 0.667. The van der Waals surface area contributed by atoms with Gasteiger partial charge in [-0.1, -0.05) is 0 Å². The number of hydrogen-bond acceptors (Lipinski definition) is 3. The van der Waals surface area contributed by atoms with Crippen molar-refractivity contribution in [3.05, 3.63) is 11.8 Å². The number of nitrogens with two attached hydrogens (primary N) is 1. The predicted molar refractivity (Wildman–Crippen MR) is 35.7 cm³/mol. The first-order valence-corrected chi connectivity index (χ1v) is 3.14. The van der Waals surface area contributed by atoms with Crippen molar-refractivity contribution in [1.29, 1.82) is 0 Å². The Kier molecular flexibility index (Phi) is 2.08. The molecule has 9 heavy (non-hydrogen) atoms. The summed E-state index contributed by atoms with van der Waals surface area (Å²) >= 11 is 0. The summed E-state index contributed by atoms with van der Waals surface area (Å²) in [5.41, 5.74) is 1.11. The largest absolute Gasteiger partial charge is 0.516 e. The van der Waals surface area contributed by atoms with E-state index in [4.69, 9.17) is 10.9 Å². The van der Waals surface area contributed by atoms with Crippen molar-refractivity contribution in [2.24, 2.45) is 5.84 Å². The van der Waals surface area contributed by atoms with Crippen molar-refractivity contribution in [3.63, 3.8) is 0 Å². The quantitative estimate of drug-likeness (QED) is 0.366. The predicted octanol–water partition coefficient (Wildman–Crippen LogP) is 0.398. The topological polar surface area (TPSA) is 49.5 Å². The number of rotatable bonds is 0. The average Bonchev–Trinajstić information content (AvgIpc) is 1.90. The summed E-state index contributed by atoms with van der Waals surface area (Å²) in [6, 6.07) is 0. The first-order valence-electron chi connectivity index (χ1n) is 3.14. The summed E-state index contributed by atoms with van der Waals surface area (Å²) in [5, 5.41) is 10.3. The maximum absolute atomic E-state index is 8.56. The van der Waals surface area contributed by atoms with Gasteiger partial charge in [-0.15, -0.1) is 0 Å². The lowest BCUT2D eigenvalue weighted by molar-refractivity contribution is 0.260. The Labute approximate surface area is 54.7 Å². The van der Waals surface area contributed by atoms with Gasteiger partial charge in [-0.2, -0.15) is 0 Å². The Balaban J connectivity index is 2.35. The van der Waals surface area contributed by atoms with Crippen LogP contribution in [0.5, 0.6) is 0 Å². The molecule has 0 saturated carbocycles. The number of aliphatic hydroxyl groups excluding tert-OH is 1. The Bertz CT molecular complexity index is 112. The van der Waals surface area contributed by atoms with Gasteiger partial charge in [0.2, 0.25) is 0 Å². The van der Waals surface area contributed by atoms with E-state index in [1.54, 1.807) is 5.01 Å². The zero-order chi connectivity index (χ0) is 6.69. The van der Waals surface area contributed by atoms with Crippen LogP contribution >= 0.6 is 0 Å². The zero-order valence-corrected chi connectivity index (χ0v) is 5.38. The van der Waals surface area contributed by atoms with Crippen molar-refractivity contribution < 1.29 is 5.11 Å². The van der Waals surface area contributed by atoms with E-state index in [1.165, 1.54) is 6.26 Å². The second-order valence-electron chi connectivity index (χ2n) is 2.32. The van der Waals surface area contributed by atoms with Gasteiger partial charge < -0.3 is 5.11 Å². The minimum Gasteiger partial charge on any atom is -0.516 e. The summed E-state index contributed by atoms with van der Waals surface area (Å²) in [4.78, 5) is 0. The van der Waals surface area contributed by atoms with E-state index in [2.05, 4.69) is 0 Å². The van der Waals surface area contributed by atoms with Crippen LogP contribution in [0.2, 0.25) is 0 Å². The summed E-state index contributed by atoms with van der Waals surface area (Å²) < 4.78 is 0. The molecule has 1 aliphatic rings. The summed E-state index contributed by atoms with van der Waals surface area (Å²) in [7, 11) is 0. The molecule has 0 atom stereocenters. The minimum atomic E-state index is 0.867. The highest BCUT2D eigenvalue weighted by atomic mass is 16.2. The van der Waals surface area contributed by atoms with E-state index in [-0.39, 0.29) is 0 Å². The van der Waals surface area contributed by atoms with Gasteiger partial charge in [-0.25, -0.2) is 5.01 Å². The van der Waals surface area contributed by atoms with Crippen molar-refractivity contribution in [2.45, 2.75) is 12.8 Å². The van der Waals surface area contributed by atoms with E-state index in [0.29, 0.717) is 0 Å². The lowest BCUT2D eigenvalue weighted by atomic mass is 10.1. The molecule has 1 heterocycles. The third kappa shape index (κ3) is 1.69. The number of aliphatic hydroxyl groups is 1. The normalized spacial score (nSPS) is 22.1. The van der Waals surface area contributed by atoms with Gasteiger partial charge in [-0.05, 0) is 18.4 Å². The van der Waals surface area contributed by atoms with Crippen LogP contribution in [0.15, 0.2) is 11.8 Å². The highest BCUT2D eigenvalue weighted by molar-refractivity contribution is 5.00. The van der Waals surface area contributed by atoms with Crippen LogP contribution in [0.3, 0.4) is 0 Å². The van der Waals surface area contributed by atoms with E-state index in [1.807, 2.05) is 0 Å². The van der Waals surface area contributed by atoms with Crippen molar-refractivity contribution >= 4 is 0 Å². The van der Waals surface area contributed by atoms with Crippen LogP contribution in [0, 0.1) is 0 Å². The maximum atomic E-state index is 8.56. The van der Waals surface area contributed by atoms with E-state index in [9.17, 15) is 0 Å². The molecule has 0 unspecified atom stereocenters. The second-order valence-corrected chi connectivity index (χ2v) is 2.32. The van der Waals surface area contributed by atoms with Crippen LogP contribution in [0.25, 0.3) is 0 Å². The van der Waals surface area contributed by atoms with Crippen molar-refractivity contribution in [3.8, 4) is 0 Å². The van der Waals surface area contributed by atoms with Gasteiger partial charge >= 0.3 is 0 Å². The number of hydrogen-bond donors (Lipinski definition) is 2. The lowest BCUT2D eigenvalue weighted by Crippen LogP contribution is -2.36. The van der Waals surface area contributed by atoms with Crippen molar-refractivity contribution in [2.75, 3.05) is 13.1 Å². The molecule has 52 valence electrons. The highest BCUT2D eigenvalue weighted by Crippen LogP contribution is 2.11. The van der Waals surface area contributed by atoms with Gasteiger partial charge in [0.1, 0.15) is 0 Å². The SMILES string of the molecule is NN1CCC(=CO)CC1. The molecule has 1 saturated heterocycles.